The van der Waals surface area contributed by atoms with Gasteiger partial charge in [0.2, 0.25) is 6.79 Å². The molecule has 1 N–H and O–H groups in total. The molecule has 1 saturated heterocycles. The zero-order valence-corrected chi connectivity index (χ0v) is 22.2. The minimum atomic E-state index is -0.896. The van der Waals surface area contributed by atoms with Gasteiger partial charge < -0.3 is 19.3 Å². The first kappa shape index (κ1) is 25.5. The van der Waals surface area contributed by atoms with E-state index in [0.717, 1.165) is 11.1 Å². The number of benzene rings is 4. The quantitative estimate of drug-likeness (QED) is 0.165. The number of carbonyl (C=O) groups excluding carboxylic acids is 2. The summed E-state index contributed by atoms with van der Waals surface area (Å²) in [5, 5.41) is 12.0. The second-order valence-corrected chi connectivity index (χ2v) is 9.95. The predicted octanol–water partition coefficient (Wildman–Crippen LogP) is 6.58. The number of aliphatic hydroxyl groups excluding tert-OH is 1. The van der Waals surface area contributed by atoms with E-state index in [9.17, 15) is 14.7 Å². The normalized spacial score (nSPS) is 17.4. The molecular weight excluding hydrogens is 530 g/mol. The van der Waals surface area contributed by atoms with Crippen LogP contribution in [0.3, 0.4) is 0 Å². The molecule has 1 unspecified atom stereocenters. The van der Waals surface area contributed by atoms with Crippen LogP contribution >= 0.6 is 11.6 Å². The molecule has 40 heavy (non-hydrogen) atoms. The average Bonchev–Trinajstić information content (AvgIpc) is 3.54. The standard InChI is InChI=1S/C32H24ClNO6/c1-19-15-22(9-13-25(19)38-17-20-5-3-2-4-6-20)30(35)28-29(21-7-10-23(33)11-8-21)34(32(37)31(28)36)24-12-14-26-27(16-24)40-18-39-26/h2-16,29,35H,17-18H2,1H3/b30-28+. The molecule has 1 fully saturated rings. The molecule has 0 radical (unpaired) electrons. The lowest BCUT2D eigenvalue weighted by Gasteiger charge is -2.25. The molecule has 2 aliphatic rings. The Morgan fingerprint density at radius 3 is 2.45 bits per heavy atom. The summed E-state index contributed by atoms with van der Waals surface area (Å²) in [6, 6.07) is 25.9. The van der Waals surface area contributed by atoms with E-state index in [1.54, 1.807) is 60.7 Å². The van der Waals surface area contributed by atoms with Gasteiger partial charge in [-0.05, 0) is 66.1 Å². The number of nitrogens with zero attached hydrogens (tertiary/aromatic N) is 1. The average molecular weight is 554 g/mol. The van der Waals surface area contributed by atoms with Crippen LogP contribution in [0.5, 0.6) is 17.2 Å². The highest BCUT2D eigenvalue weighted by molar-refractivity contribution is 6.51. The number of halogens is 1. The van der Waals surface area contributed by atoms with Crippen molar-refractivity contribution >= 4 is 34.7 Å². The molecular formula is C32H24ClNO6. The van der Waals surface area contributed by atoms with Gasteiger partial charge in [-0.2, -0.15) is 0 Å². The van der Waals surface area contributed by atoms with E-state index in [1.807, 2.05) is 37.3 Å². The number of carbonyl (C=O) groups is 2. The van der Waals surface area contributed by atoms with Crippen LogP contribution in [0.15, 0.2) is 96.6 Å². The summed E-state index contributed by atoms with van der Waals surface area (Å²) in [6.45, 7) is 2.33. The van der Waals surface area contributed by atoms with Gasteiger partial charge in [-0.25, -0.2) is 0 Å². The number of rotatable bonds is 6. The van der Waals surface area contributed by atoms with Crippen molar-refractivity contribution in [3.8, 4) is 17.2 Å². The molecule has 1 atom stereocenters. The highest BCUT2D eigenvalue weighted by Crippen LogP contribution is 2.45. The third-order valence-corrected chi connectivity index (χ3v) is 7.20. The fourth-order valence-corrected chi connectivity index (χ4v) is 5.07. The molecule has 8 heteroatoms. The fraction of sp³-hybridized carbons (Fsp3) is 0.125. The van der Waals surface area contributed by atoms with Crippen molar-refractivity contribution in [3.05, 3.63) is 124 Å². The van der Waals surface area contributed by atoms with Crippen molar-refractivity contribution in [1.82, 2.24) is 0 Å². The van der Waals surface area contributed by atoms with Gasteiger partial charge in [-0.15, -0.1) is 0 Å². The Morgan fingerprint density at radius 1 is 0.950 bits per heavy atom. The first-order valence-corrected chi connectivity index (χ1v) is 13.0. The molecule has 2 heterocycles. The number of aliphatic hydroxyl groups is 1. The molecule has 0 aliphatic carbocycles. The van der Waals surface area contributed by atoms with E-state index in [1.165, 1.54) is 4.90 Å². The largest absolute Gasteiger partial charge is 0.507 e. The summed E-state index contributed by atoms with van der Waals surface area (Å²) in [7, 11) is 0. The van der Waals surface area contributed by atoms with E-state index in [4.69, 9.17) is 25.8 Å². The van der Waals surface area contributed by atoms with Crippen molar-refractivity contribution < 1.29 is 28.9 Å². The first-order valence-electron chi connectivity index (χ1n) is 12.6. The van der Waals surface area contributed by atoms with E-state index in [0.29, 0.717) is 45.7 Å². The Morgan fingerprint density at radius 2 is 1.70 bits per heavy atom. The smallest absolute Gasteiger partial charge is 0.300 e. The van der Waals surface area contributed by atoms with Crippen LogP contribution in [0, 0.1) is 6.92 Å². The highest BCUT2D eigenvalue weighted by atomic mass is 35.5. The maximum absolute atomic E-state index is 13.5. The Hall–Kier alpha value is -4.75. The predicted molar refractivity (Wildman–Crippen MR) is 151 cm³/mol. The van der Waals surface area contributed by atoms with E-state index < -0.39 is 17.7 Å². The molecule has 1 amide bonds. The van der Waals surface area contributed by atoms with E-state index in [2.05, 4.69) is 0 Å². The molecule has 0 spiro atoms. The van der Waals surface area contributed by atoms with Crippen LogP contribution in [-0.2, 0) is 16.2 Å². The Labute approximate surface area is 235 Å². The lowest BCUT2D eigenvalue weighted by atomic mass is 9.94. The summed E-state index contributed by atoms with van der Waals surface area (Å²) in [6.07, 6.45) is 0. The van der Waals surface area contributed by atoms with Gasteiger partial charge in [0.05, 0.1) is 11.6 Å². The molecule has 7 nitrogen and oxygen atoms in total. The monoisotopic (exact) mass is 553 g/mol. The number of aryl methyl sites for hydroxylation is 1. The molecule has 200 valence electrons. The van der Waals surface area contributed by atoms with Gasteiger partial charge in [0, 0.05) is 22.3 Å². The number of hydrogen-bond acceptors (Lipinski definition) is 6. The zero-order chi connectivity index (χ0) is 27.8. The lowest BCUT2D eigenvalue weighted by molar-refractivity contribution is -0.132. The van der Waals surface area contributed by atoms with Gasteiger partial charge in [-0.3, -0.25) is 14.5 Å². The van der Waals surface area contributed by atoms with Crippen molar-refractivity contribution in [2.45, 2.75) is 19.6 Å². The summed E-state index contributed by atoms with van der Waals surface area (Å²) < 4.78 is 16.9. The number of ketones is 1. The Bertz CT molecular complexity index is 1650. The number of hydrogen-bond donors (Lipinski definition) is 1. The molecule has 2 aliphatic heterocycles. The number of fused-ring (bicyclic) bond motifs is 1. The van der Waals surface area contributed by atoms with Crippen LogP contribution in [0.25, 0.3) is 5.76 Å². The van der Waals surface area contributed by atoms with Crippen LogP contribution < -0.4 is 19.1 Å². The summed E-state index contributed by atoms with van der Waals surface area (Å²) in [5.74, 6) is -0.170. The summed E-state index contributed by atoms with van der Waals surface area (Å²) in [4.78, 5) is 28.3. The topological polar surface area (TPSA) is 85.3 Å². The molecule has 0 bridgehead atoms. The fourth-order valence-electron chi connectivity index (χ4n) is 4.94. The van der Waals surface area contributed by atoms with Gasteiger partial charge in [0.15, 0.2) is 11.5 Å². The number of ether oxygens (including phenoxy) is 3. The molecule has 4 aromatic carbocycles. The minimum Gasteiger partial charge on any atom is -0.507 e. The van der Waals surface area contributed by atoms with Crippen molar-refractivity contribution in [1.29, 1.82) is 0 Å². The van der Waals surface area contributed by atoms with Crippen LogP contribution in [0.2, 0.25) is 5.02 Å². The van der Waals surface area contributed by atoms with Crippen molar-refractivity contribution in [3.63, 3.8) is 0 Å². The summed E-state index contributed by atoms with van der Waals surface area (Å²) in [5.41, 5.74) is 3.22. The number of Topliss-reactive ketones (excluding diaryl/α,β-unsaturated/α-hetero) is 1. The van der Waals surface area contributed by atoms with E-state index >= 15 is 0 Å². The second kappa shape index (κ2) is 10.4. The minimum absolute atomic E-state index is 0.0256. The van der Waals surface area contributed by atoms with Crippen molar-refractivity contribution in [2.24, 2.45) is 0 Å². The molecule has 4 aromatic rings. The van der Waals surface area contributed by atoms with Gasteiger partial charge in [-0.1, -0.05) is 54.1 Å². The third kappa shape index (κ3) is 4.65. The maximum atomic E-state index is 13.5. The summed E-state index contributed by atoms with van der Waals surface area (Å²) >= 11 is 6.13. The third-order valence-electron chi connectivity index (χ3n) is 6.95. The van der Waals surface area contributed by atoms with Crippen LogP contribution in [0.4, 0.5) is 5.69 Å². The number of anilines is 1. The lowest BCUT2D eigenvalue weighted by Crippen LogP contribution is -2.29. The van der Waals surface area contributed by atoms with Gasteiger partial charge in [0.25, 0.3) is 11.7 Å². The second-order valence-electron chi connectivity index (χ2n) is 9.51. The zero-order valence-electron chi connectivity index (χ0n) is 21.5. The number of amides is 1. The highest BCUT2D eigenvalue weighted by Gasteiger charge is 2.47. The molecule has 0 saturated carbocycles. The molecule has 6 rings (SSSR count). The van der Waals surface area contributed by atoms with Crippen LogP contribution in [0.1, 0.15) is 28.3 Å². The van der Waals surface area contributed by atoms with E-state index in [-0.39, 0.29) is 18.1 Å². The maximum Gasteiger partial charge on any atom is 0.300 e. The van der Waals surface area contributed by atoms with Crippen LogP contribution in [-0.4, -0.2) is 23.6 Å². The van der Waals surface area contributed by atoms with Gasteiger partial charge >= 0.3 is 0 Å². The van der Waals surface area contributed by atoms with Crippen molar-refractivity contribution in [2.75, 3.05) is 11.7 Å². The SMILES string of the molecule is Cc1cc(/C(O)=C2\C(=O)C(=O)N(c3ccc4c(c3)OCO4)C2c2ccc(Cl)cc2)ccc1OCc1ccccc1. The van der Waals surface area contributed by atoms with Gasteiger partial charge in [0.1, 0.15) is 18.1 Å². The Balaban J connectivity index is 1.40. The first-order chi connectivity index (χ1) is 19.4. The molecule has 0 aromatic heterocycles. The Kier molecular flexibility index (Phi) is 6.66.